The van der Waals surface area contributed by atoms with Crippen LogP contribution in [0, 0.1) is 0 Å². The van der Waals surface area contributed by atoms with E-state index in [-0.39, 0.29) is 50.4 Å². The molecule has 0 aliphatic heterocycles. The van der Waals surface area contributed by atoms with Crippen LogP contribution in [-0.2, 0) is 21.2 Å². The summed E-state index contributed by atoms with van der Waals surface area (Å²) >= 11 is 18.0. The Bertz CT molecular complexity index is 1400. The number of carboxylic acid groups (broad SMARTS) is 1. The third kappa shape index (κ3) is 7.98. The van der Waals surface area contributed by atoms with Crippen molar-refractivity contribution in [3.8, 4) is 0 Å². The van der Waals surface area contributed by atoms with Crippen molar-refractivity contribution in [2.24, 2.45) is 0 Å². The van der Waals surface area contributed by atoms with Crippen molar-refractivity contribution >= 4 is 68.2 Å². The predicted molar refractivity (Wildman–Crippen MR) is 140 cm³/mol. The summed E-state index contributed by atoms with van der Waals surface area (Å²) in [6.45, 7) is 2.04. The highest BCUT2D eigenvalue weighted by Gasteiger charge is 2.22. The van der Waals surface area contributed by atoms with E-state index in [2.05, 4.69) is 30.3 Å². The van der Waals surface area contributed by atoms with Crippen molar-refractivity contribution in [3.05, 3.63) is 69.2 Å². The molecule has 11 nitrogen and oxygen atoms in total. The van der Waals surface area contributed by atoms with Crippen LogP contribution < -0.4 is 15.4 Å². The first-order valence-corrected chi connectivity index (χ1v) is 13.3. The molecule has 3 aromatic rings. The summed E-state index contributed by atoms with van der Waals surface area (Å²) in [4.78, 5) is 35.9. The van der Waals surface area contributed by atoms with Crippen molar-refractivity contribution in [2.75, 3.05) is 17.2 Å². The van der Waals surface area contributed by atoms with Crippen LogP contribution >= 0.6 is 34.8 Å². The molecule has 0 fully saturated rings. The van der Waals surface area contributed by atoms with E-state index < -0.39 is 27.9 Å². The van der Waals surface area contributed by atoms with Crippen molar-refractivity contribution < 1.29 is 23.1 Å². The van der Waals surface area contributed by atoms with Gasteiger partial charge in [0.25, 0.3) is 15.9 Å². The lowest BCUT2D eigenvalue weighted by Crippen LogP contribution is -2.32. The molecule has 4 N–H and O–H groups in total. The van der Waals surface area contributed by atoms with Gasteiger partial charge in [-0.3, -0.25) is 4.79 Å². The molecular weight excluding hydrogens is 567 g/mol. The number of sulfonamides is 1. The zero-order chi connectivity index (χ0) is 27.2. The fourth-order valence-corrected chi connectivity index (χ4v) is 4.85. The number of carboxylic acids is 1. The van der Waals surface area contributed by atoms with Gasteiger partial charge in [0, 0.05) is 24.6 Å². The summed E-state index contributed by atoms with van der Waals surface area (Å²) in [5.74, 6) is -1.70. The summed E-state index contributed by atoms with van der Waals surface area (Å²) in [5.41, 5.74) is 0.991. The Morgan fingerprint density at radius 1 is 1.05 bits per heavy atom. The summed E-state index contributed by atoms with van der Waals surface area (Å²) in [7, 11) is -3.86. The van der Waals surface area contributed by atoms with Crippen LogP contribution in [0.3, 0.4) is 0 Å². The number of rotatable bonds is 11. The molecule has 0 bridgehead atoms. The van der Waals surface area contributed by atoms with Gasteiger partial charge in [-0.1, -0.05) is 47.8 Å². The summed E-state index contributed by atoms with van der Waals surface area (Å²) < 4.78 is 27.0. The summed E-state index contributed by atoms with van der Waals surface area (Å²) in [6, 6.07) is 7.29. The van der Waals surface area contributed by atoms with Crippen molar-refractivity contribution in [3.63, 3.8) is 0 Å². The largest absolute Gasteiger partial charge is 0.480 e. The minimum absolute atomic E-state index is 0.0175. The monoisotopic (exact) mass is 586 g/mol. The van der Waals surface area contributed by atoms with Gasteiger partial charge in [-0.05, 0) is 36.2 Å². The van der Waals surface area contributed by atoms with E-state index in [4.69, 9.17) is 34.8 Å². The maximum atomic E-state index is 12.5. The Hall–Kier alpha value is -3.03. The van der Waals surface area contributed by atoms with E-state index in [1.165, 1.54) is 24.3 Å². The van der Waals surface area contributed by atoms with Crippen LogP contribution in [0.15, 0.2) is 47.8 Å². The lowest BCUT2D eigenvalue weighted by atomic mass is 10.1. The van der Waals surface area contributed by atoms with Crippen LogP contribution in [0.1, 0.15) is 29.3 Å². The highest BCUT2D eigenvalue weighted by molar-refractivity contribution is 7.89. The van der Waals surface area contributed by atoms with E-state index in [9.17, 15) is 23.1 Å². The number of hydrogen-bond donors (Lipinski definition) is 4. The fraction of sp³-hybridized carbons (Fsp3) is 0.227. The molecule has 1 aromatic carbocycles. The third-order valence-electron chi connectivity index (χ3n) is 4.83. The standard InChI is InChI=1S/C22H21Cl3N6O5S/c1-2-5-28-37(35,36)20-10-19(26-11-27-20)29-16(22(33)34)7-12-3-4-15(14(23)6-12)30-21(32)13-8-17(24)31-18(25)9-13/h3-4,6,8-11,16,28H,2,5,7H2,1H3,(H,30,32)(H,33,34)(H,26,27,29)/t16-/m0/s1. The first-order valence-electron chi connectivity index (χ1n) is 10.7. The Kier molecular flexibility index (Phi) is 9.62. The molecule has 0 radical (unpaired) electrons. The van der Waals surface area contributed by atoms with Gasteiger partial charge in [-0.25, -0.2) is 32.9 Å². The topological polar surface area (TPSA) is 163 Å². The second-order valence-electron chi connectivity index (χ2n) is 7.65. The van der Waals surface area contributed by atoms with Crippen molar-refractivity contribution in [1.29, 1.82) is 0 Å². The van der Waals surface area contributed by atoms with Crippen LogP contribution in [0.2, 0.25) is 15.3 Å². The molecule has 2 aromatic heterocycles. The average molecular weight is 588 g/mol. The number of aromatic nitrogens is 3. The number of carbonyl (C=O) groups excluding carboxylic acids is 1. The predicted octanol–water partition coefficient (Wildman–Crippen LogP) is 3.88. The smallest absolute Gasteiger partial charge is 0.326 e. The van der Waals surface area contributed by atoms with Crippen LogP contribution in [0.25, 0.3) is 0 Å². The number of carbonyl (C=O) groups is 2. The summed E-state index contributed by atoms with van der Waals surface area (Å²) in [5, 5.41) is 15.0. The number of halogens is 3. The maximum absolute atomic E-state index is 12.5. The fourth-order valence-electron chi connectivity index (χ4n) is 3.07. The number of anilines is 2. The number of nitrogens with one attached hydrogen (secondary N) is 3. The number of nitrogens with zero attached hydrogens (tertiary/aromatic N) is 3. The van der Waals surface area contributed by atoms with Gasteiger partial charge in [0.2, 0.25) is 0 Å². The first-order chi connectivity index (χ1) is 17.5. The number of pyridine rings is 1. The molecule has 0 aliphatic carbocycles. The molecule has 1 atom stereocenters. The minimum atomic E-state index is -3.86. The minimum Gasteiger partial charge on any atom is -0.480 e. The highest BCUT2D eigenvalue weighted by atomic mass is 35.5. The molecule has 37 heavy (non-hydrogen) atoms. The van der Waals surface area contributed by atoms with Crippen LogP contribution in [0.4, 0.5) is 11.5 Å². The lowest BCUT2D eigenvalue weighted by Gasteiger charge is -2.16. The molecule has 0 saturated carbocycles. The Morgan fingerprint density at radius 2 is 1.76 bits per heavy atom. The average Bonchev–Trinajstić information content (AvgIpc) is 2.83. The van der Waals surface area contributed by atoms with E-state index in [0.29, 0.717) is 12.0 Å². The first kappa shape index (κ1) is 28.5. The van der Waals surface area contributed by atoms with Crippen LogP contribution in [0.5, 0.6) is 0 Å². The normalized spacial score (nSPS) is 12.1. The molecule has 1 amide bonds. The van der Waals surface area contributed by atoms with Gasteiger partial charge >= 0.3 is 5.97 Å². The molecule has 0 aliphatic rings. The van der Waals surface area contributed by atoms with E-state index in [0.717, 1.165) is 12.4 Å². The Morgan fingerprint density at radius 3 is 2.38 bits per heavy atom. The molecule has 0 spiro atoms. The second kappa shape index (κ2) is 12.5. The number of benzene rings is 1. The van der Waals surface area contributed by atoms with Crippen molar-refractivity contribution in [1.82, 2.24) is 19.7 Å². The molecule has 0 unspecified atom stereocenters. The van der Waals surface area contributed by atoms with Gasteiger partial charge in [0.1, 0.15) is 28.5 Å². The van der Waals surface area contributed by atoms with Crippen molar-refractivity contribution in [2.45, 2.75) is 30.8 Å². The molecule has 2 heterocycles. The molecular formula is C22H21Cl3N6O5S. The SMILES string of the molecule is CCCNS(=O)(=O)c1cc(N[C@@H](Cc2ccc(NC(=O)c3cc(Cl)nc(Cl)c3)c(Cl)c2)C(=O)O)ncn1. The molecule has 3 rings (SSSR count). The van der Waals surface area contributed by atoms with E-state index in [1.807, 2.05) is 6.92 Å². The molecule has 0 saturated heterocycles. The zero-order valence-electron chi connectivity index (χ0n) is 19.2. The Balaban J connectivity index is 1.73. The maximum Gasteiger partial charge on any atom is 0.326 e. The van der Waals surface area contributed by atoms with Gasteiger partial charge in [-0.2, -0.15) is 0 Å². The number of aliphatic carboxylic acids is 1. The Labute approximate surface area is 227 Å². The molecule has 196 valence electrons. The lowest BCUT2D eigenvalue weighted by molar-refractivity contribution is -0.137. The van der Waals surface area contributed by atoms with Gasteiger partial charge in [0.15, 0.2) is 5.03 Å². The van der Waals surface area contributed by atoms with E-state index in [1.54, 1.807) is 6.07 Å². The zero-order valence-corrected chi connectivity index (χ0v) is 22.3. The third-order valence-corrected chi connectivity index (χ3v) is 6.88. The van der Waals surface area contributed by atoms with Gasteiger partial charge < -0.3 is 15.7 Å². The number of hydrogen-bond acceptors (Lipinski definition) is 8. The van der Waals surface area contributed by atoms with E-state index >= 15 is 0 Å². The molecule has 15 heteroatoms. The second-order valence-corrected chi connectivity index (χ2v) is 10.5. The van der Waals surface area contributed by atoms with Crippen LogP contribution in [-0.4, -0.2) is 52.9 Å². The van der Waals surface area contributed by atoms with Gasteiger partial charge in [-0.15, -0.1) is 0 Å². The quantitative estimate of drug-likeness (QED) is 0.192. The summed E-state index contributed by atoms with van der Waals surface area (Å²) in [6.07, 6.45) is 1.59. The highest BCUT2D eigenvalue weighted by Crippen LogP contribution is 2.25. The van der Waals surface area contributed by atoms with Gasteiger partial charge in [0.05, 0.1) is 10.7 Å². The number of amides is 1.